The standard InChI is InChI=1S/C13H16FNO2S/c1-17-13(16)11-8-9(14)2-3-12(11)15-10-4-6-18-7-5-10/h2-3,8,10,15H,4-7H2,1H3. The Bertz CT molecular complexity index is 433. The number of thioether (sulfide) groups is 1. The smallest absolute Gasteiger partial charge is 0.340 e. The molecule has 0 saturated carbocycles. The predicted molar refractivity (Wildman–Crippen MR) is 71.7 cm³/mol. The lowest BCUT2D eigenvalue weighted by Gasteiger charge is -2.24. The van der Waals surface area contributed by atoms with E-state index < -0.39 is 11.8 Å². The molecule has 0 bridgehead atoms. The number of benzene rings is 1. The van der Waals surface area contributed by atoms with Gasteiger partial charge in [0, 0.05) is 11.7 Å². The molecule has 0 aliphatic carbocycles. The monoisotopic (exact) mass is 269 g/mol. The molecule has 0 unspecified atom stereocenters. The Morgan fingerprint density at radius 2 is 2.17 bits per heavy atom. The van der Waals surface area contributed by atoms with Gasteiger partial charge in [-0.2, -0.15) is 11.8 Å². The lowest BCUT2D eigenvalue weighted by molar-refractivity contribution is 0.0601. The molecule has 0 aromatic heterocycles. The highest BCUT2D eigenvalue weighted by Gasteiger charge is 2.18. The number of ether oxygens (including phenoxy) is 1. The van der Waals surface area contributed by atoms with Crippen molar-refractivity contribution in [2.24, 2.45) is 0 Å². The normalized spacial score (nSPS) is 16.3. The first-order valence-corrected chi connectivity index (χ1v) is 7.08. The molecule has 98 valence electrons. The zero-order valence-electron chi connectivity index (χ0n) is 10.2. The van der Waals surface area contributed by atoms with Crippen molar-refractivity contribution in [1.82, 2.24) is 0 Å². The van der Waals surface area contributed by atoms with Gasteiger partial charge in [-0.3, -0.25) is 0 Å². The molecular weight excluding hydrogens is 253 g/mol. The molecule has 0 spiro atoms. The van der Waals surface area contributed by atoms with Gasteiger partial charge in [0.05, 0.1) is 12.7 Å². The van der Waals surface area contributed by atoms with Gasteiger partial charge in [0.25, 0.3) is 0 Å². The number of methoxy groups -OCH3 is 1. The Morgan fingerprint density at radius 1 is 1.44 bits per heavy atom. The zero-order chi connectivity index (χ0) is 13.0. The predicted octanol–water partition coefficient (Wildman–Crippen LogP) is 2.92. The van der Waals surface area contributed by atoms with Crippen molar-refractivity contribution in [1.29, 1.82) is 0 Å². The van der Waals surface area contributed by atoms with E-state index in [0.29, 0.717) is 11.7 Å². The highest BCUT2D eigenvalue weighted by molar-refractivity contribution is 7.99. The van der Waals surface area contributed by atoms with E-state index in [0.717, 1.165) is 24.3 Å². The highest BCUT2D eigenvalue weighted by Crippen LogP contribution is 2.24. The van der Waals surface area contributed by atoms with E-state index >= 15 is 0 Å². The molecule has 3 nitrogen and oxygen atoms in total. The van der Waals surface area contributed by atoms with Gasteiger partial charge in [-0.25, -0.2) is 9.18 Å². The van der Waals surface area contributed by atoms with Gasteiger partial charge in [-0.05, 0) is 42.5 Å². The van der Waals surface area contributed by atoms with E-state index in [2.05, 4.69) is 10.1 Å². The number of halogens is 1. The Kier molecular flexibility index (Phi) is 4.47. The first-order chi connectivity index (χ1) is 8.70. The quantitative estimate of drug-likeness (QED) is 0.856. The van der Waals surface area contributed by atoms with Crippen LogP contribution < -0.4 is 5.32 Å². The summed E-state index contributed by atoms with van der Waals surface area (Å²) in [6, 6.07) is 4.52. The fourth-order valence-corrected chi connectivity index (χ4v) is 3.09. The Balaban J connectivity index is 2.17. The van der Waals surface area contributed by atoms with Gasteiger partial charge in [0.2, 0.25) is 0 Å². The number of hydrogen-bond acceptors (Lipinski definition) is 4. The molecule has 18 heavy (non-hydrogen) atoms. The molecule has 1 N–H and O–H groups in total. The number of anilines is 1. The molecule has 0 atom stereocenters. The number of nitrogens with one attached hydrogen (secondary N) is 1. The maximum Gasteiger partial charge on any atom is 0.340 e. The summed E-state index contributed by atoms with van der Waals surface area (Å²) in [5.41, 5.74) is 0.913. The second-order valence-corrected chi connectivity index (χ2v) is 5.44. The molecule has 1 aromatic rings. The third-order valence-electron chi connectivity index (χ3n) is 2.97. The molecule has 0 radical (unpaired) electrons. The molecule has 1 aromatic carbocycles. The third-order valence-corrected chi connectivity index (χ3v) is 4.02. The van der Waals surface area contributed by atoms with Crippen LogP contribution in [0.25, 0.3) is 0 Å². The van der Waals surface area contributed by atoms with E-state index in [1.54, 1.807) is 6.07 Å². The van der Waals surface area contributed by atoms with Crippen molar-refractivity contribution in [3.63, 3.8) is 0 Å². The van der Waals surface area contributed by atoms with Crippen LogP contribution in [0.5, 0.6) is 0 Å². The summed E-state index contributed by atoms with van der Waals surface area (Å²) in [5.74, 6) is 1.29. The van der Waals surface area contributed by atoms with Crippen molar-refractivity contribution in [3.8, 4) is 0 Å². The summed E-state index contributed by atoms with van der Waals surface area (Å²) in [7, 11) is 1.30. The second kappa shape index (κ2) is 6.09. The lowest BCUT2D eigenvalue weighted by Crippen LogP contribution is -2.25. The van der Waals surface area contributed by atoms with Gasteiger partial charge in [0.1, 0.15) is 5.82 Å². The summed E-state index contributed by atoms with van der Waals surface area (Å²) in [5, 5.41) is 3.31. The average Bonchev–Trinajstić information content (AvgIpc) is 2.41. The van der Waals surface area contributed by atoms with Gasteiger partial charge in [0.15, 0.2) is 0 Å². The first-order valence-electron chi connectivity index (χ1n) is 5.93. The Hall–Kier alpha value is -1.23. The first kappa shape index (κ1) is 13.2. The fourth-order valence-electron chi connectivity index (χ4n) is 1.98. The highest BCUT2D eigenvalue weighted by atomic mass is 32.2. The Labute approximate surface area is 110 Å². The summed E-state index contributed by atoms with van der Waals surface area (Å²) < 4.78 is 17.9. The minimum Gasteiger partial charge on any atom is -0.465 e. The SMILES string of the molecule is COC(=O)c1cc(F)ccc1NC1CCSCC1. The van der Waals surface area contributed by atoms with Crippen molar-refractivity contribution in [2.75, 3.05) is 23.9 Å². The van der Waals surface area contributed by atoms with Crippen molar-refractivity contribution >= 4 is 23.4 Å². The van der Waals surface area contributed by atoms with Crippen LogP contribution in [0.1, 0.15) is 23.2 Å². The van der Waals surface area contributed by atoms with E-state index in [-0.39, 0.29) is 5.56 Å². The largest absolute Gasteiger partial charge is 0.465 e. The summed E-state index contributed by atoms with van der Waals surface area (Å²) >= 11 is 1.94. The molecule has 1 aliphatic heterocycles. The molecule has 5 heteroatoms. The van der Waals surface area contributed by atoms with Crippen LogP contribution in [-0.2, 0) is 4.74 Å². The zero-order valence-corrected chi connectivity index (χ0v) is 11.1. The van der Waals surface area contributed by atoms with Gasteiger partial charge < -0.3 is 10.1 Å². The van der Waals surface area contributed by atoms with Crippen LogP contribution in [0.4, 0.5) is 10.1 Å². The molecule has 1 fully saturated rings. The van der Waals surface area contributed by atoms with E-state index in [1.165, 1.54) is 19.2 Å². The summed E-state index contributed by atoms with van der Waals surface area (Å²) in [6.07, 6.45) is 2.12. The van der Waals surface area contributed by atoms with Gasteiger partial charge in [-0.1, -0.05) is 0 Å². The van der Waals surface area contributed by atoms with Crippen molar-refractivity contribution < 1.29 is 13.9 Å². The minimum atomic E-state index is -0.512. The van der Waals surface area contributed by atoms with E-state index in [1.807, 2.05) is 11.8 Å². The van der Waals surface area contributed by atoms with Crippen LogP contribution in [-0.4, -0.2) is 30.6 Å². The summed E-state index contributed by atoms with van der Waals surface area (Å²) in [4.78, 5) is 11.6. The van der Waals surface area contributed by atoms with E-state index in [4.69, 9.17) is 0 Å². The fraction of sp³-hybridized carbons (Fsp3) is 0.462. The number of carbonyl (C=O) groups is 1. The molecule has 1 saturated heterocycles. The van der Waals surface area contributed by atoms with Crippen LogP contribution in [0.2, 0.25) is 0 Å². The second-order valence-electron chi connectivity index (χ2n) is 4.21. The van der Waals surface area contributed by atoms with Crippen LogP contribution in [0, 0.1) is 5.82 Å². The molecular formula is C13H16FNO2S. The molecule has 1 heterocycles. The third kappa shape index (κ3) is 3.16. The van der Waals surface area contributed by atoms with Gasteiger partial charge >= 0.3 is 5.97 Å². The Morgan fingerprint density at radius 3 is 2.83 bits per heavy atom. The van der Waals surface area contributed by atoms with Crippen molar-refractivity contribution in [2.45, 2.75) is 18.9 Å². The maximum atomic E-state index is 13.2. The average molecular weight is 269 g/mol. The van der Waals surface area contributed by atoms with Crippen LogP contribution >= 0.6 is 11.8 Å². The number of rotatable bonds is 3. The van der Waals surface area contributed by atoms with Crippen molar-refractivity contribution in [3.05, 3.63) is 29.6 Å². The summed E-state index contributed by atoms with van der Waals surface area (Å²) in [6.45, 7) is 0. The topological polar surface area (TPSA) is 38.3 Å². The van der Waals surface area contributed by atoms with E-state index in [9.17, 15) is 9.18 Å². The number of carbonyl (C=O) groups excluding carboxylic acids is 1. The van der Waals surface area contributed by atoms with Crippen LogP contribution in [0.3, 0.4) is 0 Å². The van der Waals surface area contributed by atoms with Gasteiger partial charge in [-0.15, -0.1) is 0 Å². The minimum absolute atomic E-state index is 0.260. The number of esters is 1. The molecule has 1 aliphatic rings. The maximum absolute atomic E-state index is 13.2. The lowest BCUT2D eigenvalue weighted by atomic mass is 10.1. The molecule has 0 amide bonds. The molecule has 2 rings (SSSR count). The van der Waals surface area contributed by atoms with Crippen LogP contribution in [0.15, 0.2) is 18.2 Å². The number of hydrogen-bond donors (Lipinski definition) is 1.